The van der Waals surface area contributed by atoms with Crippen LogP contribution in [0.2, 0.25) is 0 Å². The highest BCUT2D eigenvalue weighted by Gasteiger charge is 2.32. The second kappa shape index (κ2) is 5.21. The van der Waals surface area contributed by atoms with E-state index in [1.165, 1.54) is 24.3 Å². The molecule has 1 aromatic carbocycles. The molecule has 0 saturated carbocycles. The predicted molar refractivity (Wildman–Crippen MR) is 61.1 cm³/mol. The van der Waals surface area contributed by atoms with Crippen LogP contribution in [0.15, 0.2) is 24.3 Å². The Labute approximate surface area is 95.4 Å². The summed E-state index contributed by atoms with van der Waals surface area (Å²) in [6.07, 6.45) is 0.594. The first-order valence-corrected chi connectivity index (χ1v) is 5.48. The minimum Gasteiger partial charge on any atom is -0.367 e. The zero-order valence-corrected chi connectivity index (χ0v) is 9.92. The molecule has 1 atom stereocenters. The SMILES string of the molecule is CCOC(C)(CC)C(=O)c1ccc(F)cc1. The molecule has 0 heterocycles. The zero-order valence-electron chi connectivity index (χ0n) is 9.92. The van der Waals surface area contributed by atoms with Crippen molar-refractivity contribution in [3.05, 3.63) is 35.6 Å². The largest absolute Gasteiger partial charge is 0.367 e. The second-order valence-electron chi connectivity index (χ2n) is 3.85. The third kappa shape index (κ3) is 2.67. The van der Waals surface area contributed by atoms with Crippen LogP contribution in [-0.4, -0.2) is 18.0 Å². The molecule has 0 amide bonds. The number of hydrogen-bond donors (Lipinski definition) is 0. The van der Waals surface area contributed by atoms with Gasteiger partial charge in [0.25, 0.3) is 0 Å². The molecular weight excluding hydrogens is 207 g/mol. The fraction of sp³-hybridized carbons (Fsp3) is 0.462. The van der Waals surface area contributed by atoms with E-state index in [1.54, 1.807) is 6.92 Å². The molecule has 0 aliphatic heterocycles. The van der Waals surface area contributed by atoms with Crippen LogP contribution in [0, 0.1) is 5.82 Å². The lowest BCUT2D eigenvalue weighted by Crippen LogP contribution is -2.37. The maximum Gasteiger partial charge on any atom is 0.194 e. The van der Waals surface area contributed by atoms with E-state index >= 15 is 0 Å². The van der Waals surface area contributed by atoms with Crippen LogP contribution in [0.4, 0.5) is 4.39 Å². The summed E-state index contributed by atoms with van der Waals surface area (Å²) in [6.45, 7) is 6.00. The molecule has 0 aliphatic carbocycles. The minimum atomic E-state index is -0.813. The lowest BCUT2D eigenvalue weighted by atomic mass is 9.92. The summed E-state index contributed by atoms with van der Waals surface area (Å²) in [6, 6.07) is 5.56. The van der Waals surface area contributed by atoms with Gasteiger partial charge < -0.3 is 4.74 Å². The first-order valence-electron chi connectivity index (χ1n) is 5.48. The molecule has 88 valence electrons. The van der Waals surface area contributed by atoms with E-state index in [-0.39, 0.29) is 11.6 Å². The van der Waals surface area contributed by atoms with Crippen LogP contribution >= 0.6 is 0 Å². The Bertz CT molecular complexity index is 359. The van der Waals surface area contributed by atoms with Gasteiger partial charge in [0, 0.05) is 12.2 Å². The summed E-state index contributed by atoms with van der Waals surface area (Å²) >= 11 is 0. The molecule has 0 fully saturated rings. The van der Waals surface area contributed by atoms with Crippen LogP contribution < -0.4 is 0 Å². The summed E-state index contributed by atoms with van der Waals surface area (Å²) in [5.74, 6) is -0.442. The number of carbonyl (C=O) groups excluding carboxylic acids is 1. The highest BCUT2D eigenvalue weighted by Crippen LogP contribution is 2.21. The van der Waals surface area contributed by atoms with Crippen LogP contribution in [0.5, 0.6) is 0 Å². The fourth-order valence-electron chi connectivity index (χ4n) is 1.55. The summed E-state index contributed by atoms with van der Waals surface area (Å²) in [4.78, 5) is 12.2. The Morgan fingerprint density at radius 1 is 1.31 bits per heavy atom. The number of rotatable bonds is 5. The topological polar surface area (TPSA) is 26.3 Å². The van der Waals surface area contributed by atoms with Gasteiger partial charge in [0.2, 0.25) is 0 Å². The van der Waals surface area contributed by atoms with Gasteiger partial charge in [0.15, 0.2) is 5.78 Å². The average molecular weight is 224 g/mol. The van der Waals surface area contributed by atoms with Crippen molar-refractivity contribution in [2.75, 3.05) is 6.61 Å². The number of ketones is 1. The minimum absolute atomic E-state index is 0.100. The van der Waals surface area contributed by atoms with Crippen molar-refractivity contribution in [2.24, 2.45) is 0 Å². The van der Waals surface area contributed by atoms with Gasteiger partial charge >= 0.3 is 0 Å². The van der Waals surface area contributed by atoms with Gasteiger partial charge in [-0.3, -0.25) is 4.79 Å². The van der Waals surface area contributed by atoms with Gasteiger partial charge in [-0.05, 0) is 44.5 Å². The van der Waals surface area contributed by atoms with Crippen molar-refractivity contribution >= 4 is 5.78 Å². The molecule has 0 spiro atoms. The first kappa shape index (κ1) is 12.8. The summed E-state index contributed by atoms with van der Waals surface area (Å²) < 4.78 is 18.2. The lowest BCUT2D eigenvalue weighted by molar-refractivity contribution is -0.0116. The number of carbonyl (C=O) groups is 1. The Balaban J connectivity index is 2.95. The average Bonchev–Trinajstić information content (AvgIpc) is 2.29. The lowest BCUT2D eigenvalue weighted by Gasteiger charge is -2.26. The summed E-state index contributed by atoms with van der Waals surface area (Å²) in [5.41, 5.74) is -0.328. The van der Waals surface area contributed by atoms with E-state index < -0.39 is 5.60 Å². The molecule has 2 nitrogen and oxygen atoms in total. The summed E-state index contributed by atoms with van der Waals surface area (Å²) in [5, 5.41) is 0. The molecule has 1 unspecified atom stereocenters. The smallest absolute Gasteiger partial charge is 0.194 e. The van der Waals surface area contributed by atoms with Crippen molar-refractivity contribution in [3.8, 4) is 0 Å². The van der Waals surface area contributed by atoms with Crippen molar-refractivity contribution < 1.29 is 13.9 Å². The number of Topliss-reactive ketones (excluding diaryl/α,β-unsaturated/α-hetero) is 1. The molecule has 0 aliphatic rings. The molecule has 0 saturated heterocycles. The molecule has 1 aromatic rings. The van der Waals surface area contributed by atoms with E-state index in [9.17, 15) is 9.18 Å². The predicted octanol–water partition coefficient (Wildman–Crippen LogP) is 3.21. The molecule has 0 bridgehead atoms. The van der Waals surface area contributed by atoms with Crippen molar-refractivity contribution in [3.63, 3.8) is 0 Å². The van der Waals surface area contributed by atoms with Gasteiger partial charge in [0.05, 0.1) is 0 Å². The zero-order chi connectivity index (χ0) is 12.2. The van der Waals surface area contributed by atoms with Gasteiger partial charge in [-0.2, -0.15) is 0 Å². The van der Waals surface area contributed by atoms with Gasteiger partial charge in [0.1, 0.15) is 11.4 Å². The standard InChI is InChI=1S/C13H17FO2/c1-4-13(3,16-5-2)12(15)10-6-8-11(14)9-7-10/h6-9H,4-5H2,1-3H3. The van der Waals surface area contributed by atoms with E-state index in [4.69, 9.17) is 4.74 Å². The van der Waals surface area contributed by atoms with E-state index in [2.05, 4.69) is 0 Å². The quantitative estimate of drug-likeness (QED) is 0.718. The Morgan fingerprint density at radius 3 is 2.31 bits per heavy atom. The Kier molecular flexibility index (Phi) is 4.19. The van der Waals surface area contributed by atoms with E-state index in [0.717, 1.165) is 0 Å². The Hall–Kier alpha value is -1.22. The number of hydrogen-bond acceptors (Lipinski definition) is 2. The van der Waals surface area contributed by atoms with Crippen molar-refractivity contribution in [1.29, 1.82) is 0 Å². The Morgan fingerprint density at radius 2 is 1.88 bits per heavy atom. The molecular formula is C13H17FO2. The van der Waals surface area contributed by atoms with E-state index in [0.29, 0.717) is 18.6 Å². The molecule has 16 heavy (non-hydrogen) atoms. The highest BCUT2D eigenvalue weighted by molar-refractivity contribution is 6.02. The number of benzene rings is 1. The number of ether oxygens (including phenoxy) is 1. The fourth-order valence-corrected chi connectivity index (χ4v) is 1.55. The molecule has 0 radical (unpaired) electrons. The normalized spacial score (nSPS) is 14.5. The molecule has 1 rings (SSSR count). The molecule has 0 N–H and O–H groups in total. The third-order valence-electron chi connectivity index (χ3n) is 2.72. The highest BCUT2D eigenvalue weighted by atomic mass is 19.1. The first-order chi connectivity index (χ1) is 7.53. The van der Waals surface area contributed by atoms with Crippen LogP contribution in [0.1, 0.15) is 37.6 Å². The van der Waals surface area contributed by atoms with Crippen LogP contribution in [0.25, 0.3) is 0 Å². The van der Waals surface area contributed by atoms with Gasteiger partial charge in [-0.25, -0.2) is 4.39 Å². The molecule has 3 heteroatoms. The maximum absolute atomic E-state index is 12.7. The van der Waals surface area contributed by atoms with Crippen molar-refractivity contribution in [1.82, 2.24) is 0 Å². The van der Waals surface area contributed by atoms with Crippen molar-refractivity contribution in [2.45, 2.75) is 32.8 Å². The van der Waals surface area contributed by atoms with Gasteiger partial charge in [-0.15, -0.1) is 0 Å². The number of halogens is 1. The van der Waals surface area contributed by atoms with E-state index in [1.807, 2.05) is 13.8 Å². The third-order valence-corrected chi connectivity index (χ3v) is 2.72. The monoisotopic (exact) mass is 224 g/mol. The van der Waals surface area contributed by atoms with Crippen LogP contribution in [0.3, 0.4) is 0 Å². The summed E-state index contributed by atoms with van der Waals surface area (Å²) in [7, 11) is 0. The second-order valence-corrected chi connectivity index (χ2v) is 3.85. The van der Waals surface area contributed by atoms with Crippen LogP contribution in [-0.2, 0) is 4.74 Å². The van der Waals surface area contributed by atoms with Gasteiger partial charge in [-0.1, -0.05) is 6.92 Å². The maximum atomic E-state index is 12.7. The molecule has 0 aromatic heterocycles.